The zero-order valence-electron chi connectivity index (χ0n) is 12.5. The molecule has 0 radical (unpaired) electrons. The van der Waals surface area contributed by atoms with Crippen LogP contribution in [0.3, 0.4) is 0 Å². The monoisotopic (exact) mass is 274 g/mol. The van der Waals surface area contributed by atoms with Gasteiger partial charge in [0.2, 0.25) is 0 Å². The fraction of sp³-hybridized carbons (Fsp3) is 0.467. The molecule has 0 bridgehead atoms. The summed E-state index contributed by atoms with van der Waals surface area (Å²) in [6.07, 6.45) is 3.56. The van der Waals surface area contributed by atoms with E-state index in [0.717, 1.165) is 41.6 Å². The highest BCUT2D eigenvalue weighted by molar-refractivity contribution is 5.57. The van der Waals surface area contributed by atoms with Gasteiger partial charge in [-0.25, -0.2) is 9.97 Å². The Morgan fingerprint density at radius 1 is 1.25 bits per heavy atom. The van der Waals surface area contributed by atoms with Gasteiger partial charge in [-0.05, 0) is 32.4 Å². The molecule has 2 rings (SSSR count). The summed E-state index contributed by atoms with van der Waals surface area (Å²) in [6.45, 7) is 6.16. The summed E-state index contributed by atoms with van der Waals surface area (Å²) in [5, 5.41) is 6.54. The molecule has 0 spiro atoms. The largest absolute Gasteiger partial charge is 0.464 e. The standard InChI is InChI=1S/C15H22N4O/c1-5-6-12-14(16-4)17-9-18-15(12)19-11(3)13-8-7-10(2)20-13/h7-9,11H,5-6H2,1-4H3,(H2,16,17,18,19). The first-order valence-corrected chi connectivity index (χ1v) is 7.00. The molecule has 2 aromatic rings. The van der Waals surface area contributed by atoms with Gasteiger partial charge in [0, 0.05) is 12.6 Å². The average molecular weight is 274 g/mol. The molecule has 5 heteroatoms. The molecule has 0 saturated carbocycles. The number of hydrogen-bond acceptors (Lipinski definition) is 5. The Labute approximate surface area is 119 Å². The first-order chi connectivity index (χ1) is 9.65. The maximum absolute atomic E-state index is 5.65. The van der Waals surface area contributed by atoms with Gasteiger partial charge < -0.3 is 15.1 Å². The zero-order chi connectivity index (χ0) is 14.5. The van der Waals surface area contributed by atoms with Crippen LogP contribution in [0.2, 0.25) is 0 Å². The number of aryl methyl sites for hydroxylation is 1. The molecule has 5 nitrogen and oxygen atoms in total. The minimum Gasteiger partial charge on any atom is -0.464 e. The number of hydrogen-bond donors (Lipinski definition) is 2. The van der Waals surface area contributed by atoms with Crippen molar-refractivity contribution < 1.29 is 4.42 Å². The quantitative estimate of drug-likeness (QED) is 0.843. The number of rotatable bonds is 6. The van der Waals surface area contributed by atoms with Gasteiger partial charge in [0.25, 0.3) is 0 Å². The van der Waals surface area contributed by atoms with Crippen molar-refractivity contribution in [3.05, 3.63) is 35.5 Å². The van der Waals surface area contributed by atoms with Crippen LogP contribution >= 0.6 is 0 Å². The van der Waals surface area contributed by atoms with E-state index in [1.165, 1.54) is 0 Å². The average Bonchev–Trinajstić information content (AvgIpc) is 2.87. The lowest BCUT2D eigenvalue weighted by Crippen LogP contribution is -2.11. The summed E-state index contributed by atoms with van der Waals surface area (Å²) < 4.78 is 5.65. The predicted octanol–water partition coefficient (Wildman–Crippen LogP) is 3.55. The maximum Gasteiger partial charge on any atom is 0.135 e. The SMILES string of the molecule is CCCc1c(NC)ncnc1NC(C)c1ccc(C)o1. The Kier molecular flexibility index (Phi) is 4.61. The summed E-state index contributed by atoms with van der Waals surface area (Å²) in [5.41, 5.74) is 1.12. The van der Waals surface area contributed by atoms with Gasteiger partial charge in [0.05, 0.1) is 6.04 Å². The third-order valence-corrected chi connectivity index (χ3v) is 3.22. The highest BCUT2D eigenvalue weighted by atomic mass is 16.3. The third-order valence-electron chi connectivity index (χ3n) is 3.22. The molecule has 0 aromatic carbocycles. The molecular formula is C15H22N4O. The maximum atomic E-state index is 5.65. The minimum absolute atomic E-state index is 0.0684. The lowest BCUT2D eigenvalue weighted by Gasteiger charge is -2.17. The van der Waals surface area contributed by atoms with Gasteiger partial charge >= 0.3 is 0 Å². The Balaban J connectivity index is 2.24. The van der Waals surface area contributed by atoms with Crippen LogP contribution < -0.4 is 10.6 Å². The smallest absolute Gasteiger partial charge is 0.135 e. The Morgan fingerprint density at radius 3 is 2.60 bits per heavy atom. The summed E-state index contributed by atoms with van der Waals surface area (Å²) in [6, 6.07) is 4.03. The number of nitrogens with zero attached hydrogens (tertiary/aromatic N) is 2. The number of aromatic nitrogens is 2. The van der Waals surface area contributed by atoms with Crippen LogP contribution in [0.25, 0.3) is 0 Å². The van der Waals surface area contributed by atoms with Crippen molar-refractivity contribution in [2.75, 3.05) is 17.7 Å². The molecule has 2 N–H and O–H groups in total. The van der Waals surface area contributed by atoms with Gasteiger partial charge in [0.1, 0.15) is 29.5 Å². The molecule has 2 aromatic heterocycles. The van der Waals surface area contributed by atoms with Crippen LogP contribution in [-0.4, -0.2) is 17.0 Å². The van der Waals surface area contributed by atoms with Crippen LogP contribution in [0.5, 0.6) is 0 Å². The lowest BCUT2D eigenvalue weighted by molar-refractivity contribution is 0.466. The summed E-state index contributed by atoms with van der Waals surface area (Å²) >= 11 is 0. The van der Waals surface area contributed by atoms with Gasteiger partial charge in [-0.1, -0.05) is 13.3 Å². The Hall–Kier alpha value is -2.04. The van der Waals surface area contributed by atoms with E-state index in [9.17, 15) is 0 Å². The van der Waals surface area contributed by atoms with Crippen LogP contribution in [-0.2, 0) is 6.42 Å². The normalized spacial score (nSPS) is 12.2. The number of anilines is 2. The number of nitrogens with one attached hydrogen (secondary N) is 2. The molecule has 0 aliphatic carbocycles. The second-order valence-electron chi connectivity index (χ2n) is 4.86. The van der Waals surface area contributed by atoms with E-state index < -0.39 is 0 Å². The molecule has 1 unspecified atom stereocenters. The third kappa shape index (κ3) is 3.10. The van der Waals surface area contributed by atoms with Crippen LogP contribution in [0.15, 0.2) is 22.9 Å². The minimum atomic E-state index is 0.0684. The van der Waals surface area contributed by atoms with E-state index in [1.54, 1.807) is 6.33 Å². The molecule has 0 aliphatic rings. The first kappa shape index (κ1) is 14.4. The summed E-state index contributed by atoms with van der Waals surface area (Å²) in [7, 11) is 1.88. The highest BCUT2D eigenvalue weighted by Gasteiger charge is 2.14. The van der Waals surface area contributed by atoms with Crippen molar-refractivity contribution in [1.82, 2.24) is 9.97 Å². The lowest BCUT2D eigenvalue weighted by atomic mass is 10.1. The van der Waals surface area contributed by atoms with E-state index >= 15 is 0 Å². The van der Waals surface area contributed by atoms with E-state index in [4.69, 9.17) is 4.42 Å². The van der Waals surface area contributed by atoms with Crippen molar-refractivity contribution in [3.63, 3.8) is 0 Å². The van der Waals surface area contributed by atoms with E-state index in [2.05, 4.69) is 34.4 Å². The molecule has 1 atom stereocenters. The van der Waals surface area contributed by atoms with Crippen LogP contribution in [0.4, 0.5) is 11.6 Å². The fourth-order valence-electron chi connectivity index (χ4n) is 2.20. The van der Waals surface area contributed by atoms with Crippen LogP contribution in [0, 0.1) is 6.92 Å². The van der Waals surface area contributed by atoms with Crippen molar-refractivity contribution in [1.29, 1.82) is 0 Å². The van der Waals surface area contributed by atoms with E-state index in [1.807, 2.05) is 26.1 Å². The first-order valence-electron chi connectivity index (χ1n) is 7.00. The topological polar surface area (TPSA) is 63.0 Å². The van der Waals surface area contributed by atoms with E-state index in [0.29, 0.717) is 0 Å². The molecule has 0 aliphatic heterocycles. The second kappa shape index (κ2) is 6.41. The molecule has 2 heterocycles. The molecule has 20 heavy (non-hydrogen) atoms. The van der Waals surface area contributed by atoms with Gasteiger partial charge in [0.15, 0.2) is 0 Å². The predicted molar refractivity (Wildman–Crippen MR) is 81.1 cm³/mol. The van der Waals surface area contributed by atoms with Crippen molar-refractivity contribution in [2.45, 2.75) is 39.7 Å². The second-order valence-corrected chi connectivity index (χ2v) is 4.86. The highest BCUT2D eigenvalue weighted by Crippen LogP contribution is 2.26. The summed E-state index contributed by atoms with van der Waals surface area (Å²) in [4.78, 5) is 8.65. The zero-order valence-corrected chi connectivity index (χ0v) is 12.5. The van der Waals surface area contributed by atoms with E-state index in [-0.39, 0.29) is 6.04 Å². The van der Waals surface area contributed by atoms with Crippen molar-refractivity contribution in [3.8, 4) is 0 Å². The van der Waals surface area contributed by atoms with Gasteiger partial charge in [-0.15, -0.1) is 0 Å². The molecular weight excluding hydrogens is 252 g/mol. The van der Waals surface area contributed by atoms with Gasteiger partial charge in [-0.2, -0.15) is 0 Å². The Morgan fingerprint density at radius 2 is 2.00 bits per heavy atom. The fourth-order valence-corrected chi connectivity index (χ4v) is 2.20. The van der Waals surface area contributed by atoms with Crippen molar-refractivity contribution >= 4 is 11.6 Å². The van der Waals surface area contributed by atoms with Crippen molar-refractivity contribution in [2.24, 2.45) is 0 Å². The molecule has 108 valence electrons. The van der Waals surface area contributed by atoms with Gasteiger partial charge in [-0.3, -0.25) is 0 Å². The van der Waals surface area contributed by atoms with Crippen LogP contribution in [0.1, 0.15) is 43.4 Å². The summed E-state index contributed by atoms with van der Waals surface area (Å²) in [5.74, 6) is 3.58. The Bertz CT molecular complexity index is 565. The number of furan rings is 1. The molecule has 0 fully saturated rings. The molecule has 0 saturated heterocycles. The molecule has 0 amide bonds.